The van der Waals surface area contributed by atoms with Crippen LogP contribution in [0.5, 0.6) is 0 Å². The maximum atomic E-state index is 12.4. The van der Waals surface area contributed by atoms with Crippen molar-refractivity contribution < 1.29 is 18.3 Å². The van der Waals surface area contributed by atoms with Crippen molar-refractivity contribution in [3.63, 3.8) is 0 Å². The quantitative estimate of drug-likeness (QED) is 0.830. The van der Waals surface area contributed by atoms with Crippen LogP contribution in [0.3, 0.4) is 0 Å². The van der Waals surface area contributed by atoms with E-state index in [0.29, 0.717) is 18.1 Å². The van der Waals surface area contributed by atoms with Crippen LogP contribution in [0.25, 0.3) is 0 Å². The molecule has 0 bridgehead atoms. The zero-order valence-electron chi connectivity index (χ0n) is 10.4. The maximum absolute atomic E-state index is 12.4. The second kappa shape index (κ2) is 6.14. The van der Waals surface area contributed by atoms with Gasteiger partial charge in [0.2, 0.25) is 0 Å². The Kier molecular flexibility index (Phi) is 5.09. The van der Waals surface area contributed by atoms with Crippen molar-refractivity contribution in [1.29, 1.82) is 0 Å². The maximum Gasteiger partial charge on any atom is 0.401 e. The molecule has 1 aromatic rings. The van der Waals surface area contributed by atoms with Crippen molar-refractivity contribution in [3.8, 4) is 0 Å². The topological polar surface area (TPSA) is 54.2 Å². The minimum absolute atomic E-state index is 0.0663. The Morgan fingerprint density at radius 2 is 2.00 bits per heavy atom. The predicted octanol–water partition coefficient (Wildman–Crippen LogP) is 0.870. The van der Waals surface area contributed by atoms with Gasteiger partial charge in [-0.2, -0.15) is 13.2 Å². The Labute approximate surface area is 103 Å². The van der Waals surface area contributed by atoms with Crippen LogP contribution >= 0.6 is 0 Å². The highest BCUT2D eigenvalue weighted by molar-refractivity contribution is 4.92. The van der Waals surface area contributed by atoms with E-state index in [1.165, 1.54) is 4.90 Å². The standard InChI is InChI=1S/C10H17F3N4O/c1-8-14-15-9(16(8)2)6-17(4-3-5-18)7-10(11,12)13/h18H,3-7H2,1-2H3. The third-order valence-corrected chi connectivity index (χ3v) is 2.58. The summed E-state index contributed by atoms with van der Waals surface area (Å²) in [7, 11) is 1.71. The highest BCUT2D eigenvalue weighted by atomic mass is 19.4. The van der Waals surface area contributed by atoms with Crippen molar-refractivity contribution >= 4 is 0 Å². The van der Waals surface area contributed by atoms with Crippen LogP contribution in [-0.4, -0.2) is 50.6 Å². The van der Waals surface area contributed by atoms with Crippen LogP contribution in [-0.2, 0) is 13.6 Å². The molecule has 104 valence electrons. The van der Waals surface area contributed by atoms with E-state index >= 15 is 0 Å². The normalized spacial score (nSPS) is 12.4. The fourth-order valence-electron chi connectivity index (χ4n) is 1.55. The van der Waals surface area contributed by atoms with Crippen LogP contribution < -0.4 is 0 Å². The highest BCUT2D eigenvalue weighted by Gasteiger charge is 2.31. The number of aryl methyl sites for hydroxylation is 1. The molecular formula is C10H17F3N4O. The smallest absolute Gasteiger partial charge is 0.396 e. The van der Waals surface area contributed by atoms with Crippen LogP contribution in [0, 0.1) is 6.92 Å². The molecule has 1 aromatic heterocycles. The summed E-state index contributed by atoms with van der Waals surface area (Å²) in [6.45, 7) is 0.822. The van der Waals surface area contributed by atoms with Gasteiger partial charge in [-0.15, -0.1) is 10.2 Å². The third-order valence-electron chi connectivity index (χ3n) is 2.58. The SMILES string of the molecule is Cc1nnc(CN(CCCO)CC(F)(F)F)n1C. The van der Waals surface area contributed by atoms with Gasteiger partial charge in [-0.1, -0.05) is 0 Å². The minimum atomic E-state index is -4.26. The van der Waals surface area contributed by atoms with Crippen molar-refractivity contribution in [2.75, 3.05) is 19.7 Å². The number of nitrogens with zero attached hydrogens (tertiary/aromatic N) is 4. The summed E-state index contributed by atoms with van der Waals surface area (Å²) in [6, 6.07) is 0. The molecule has 0 saturated heterocycles. The van der Waals surface area contributed by atoms with Crippen molar-refractivity contribution in [3.05, 3.63) is 11.6 Å². The summed E-state index contributed by atoms with van der Waals surface area (Å²) in [5.74, 6) is 1.13. The second-order valence-corrected chi connectivity index (χ2v) is 4.13. The molecular weight excluding hydrogens is 249 g/mol. The summed E-state index contributed by atoms with van der Waals surface area (Å²) in [6.07, 6.45) is -3.96. The van der Waals surface area contributed by atoms with E-state index in [1.54, 1.807) is 18.5 Å². The Balaban J connectivity index is 2.68. The molecule has 0 amide bonds. The number of halogens is 3. The molecule has 5 nitrogen and oxygen atoms in total. The fourth-order valence-corrected chi connectivity index (χ4v) is 1.55. The molecule has 0 fully saturated rings. The summed E-state index contributed by atoms with van der Waals surface area (Å²) in [4.78, 5) is 1.21. The molecule has 0 unspecified atom stereocenters. The lowest BCUT2D eigenvalue weighted by Gasteiger charge is -2.22. The molecule has 0 aromatic carbocycles. The molecule has 1 N–H and O–H groups in total. The first kappa shape index (κ1) is 14.9. The first-order chi connectivity index (χ1) is 8.33. The third kappa shape index (κ3) is 4.61. The molecule has 0 atom stereocenters. The van der Waals surface area contributed by atoms with Gasteiger partial charge in [-0.05, 0) is 13.3 Å². The van der Waals surface area contributed by atoms with Gasteiger partial charge in [0, 0.05) is 20.2 Å². The molecule has 1 heterocycles. The van der Waals surface area contributed by atoms with Gasteiger partial charge in [0.1, 0.15) is 11.6 Å². The molecule has 0 spiro atoms. The van der Waals surface area contributed by atoms with Gasteiger partial charge >= 0.3 is 6.18 Å². The number of hydrogen-bond acceptors (Lipinski definition) is 4. The first-order valence-corrected chi connectivity index (χ1v) is 5.58. The largest absolute Gasteiger partial charge is 0.401 e. The molecule has 0 aliphatic carbocycles. The van der Waals surface area contributed by atoms with Crippen LogP contribution in [0.2, 0.25) is 0 Å². The summed E-state index contributed by atoms with van der Waals surface area (Å²) >= 11 is 0. The zero-order chi connectivity index (χ0) is 13.8. The number of hydrogen-bond donors (Lipinski definition) is 1. The molecule has 8 heteroatoms. The van der Waals surface area contributed by atoms with Gasteiger partial charge in [-0.25, -0.2) is 0 Å². The summed E-state index contributed by atoms with van der Waals surface area (Å²) in [5.41, 5.74) is 0. The van der Waals surface area contributed by atoms with Crippen LogP contribution in [0.1, 0.15) is 18.1 Å². The van der Waals surface area contributed by atoms with E-state index in [1.807, 2.05) is 0 Å². The van der Waals surface area contributed by atoms with Gasteiger partial charge in [-0.3, -0.25) is 4.90 Å². The van der Waals surface area contributed by atoms with Crippen molar-refractivity contribution in [1.82, 2.24) is 19.7 Å². The molecule has 0 aliphatic heterocycles. The lowest BCUT2D eigenvalue weighted by Crippen LogP contribution is -2.35. The van der Waals surface area contributed by atoms with E-state index in [9.17, 15) is 13.2 Å². The first-order valence-electron chi connectivity index (χ1n) is 5.58. The lowest BCUT2D eigenvalue weighted by atomic mass is 10.3. The van der Waals surface area contributed by atoms with Crippen LogP contribution in [0.4, 0.5) is 13.2 Å². The number of aliphatic hydroxyl groups is 1. The Morgan fingerprint density at radius 1 is 1.33 bits per heavy atom. The van der Waals surface area contributed by atoms with E-state index < -0.39 is 12.7 Å². The molecule has 1 rings (SSSR count). The number of rotatable bonds is 6. The second-order valence-electron chi connectivity index (χ2n) is 4.13. The van der Waals surface area contributed by atoms with E-state index in [-0.39, 0.29) is 19.7 Å². The van der Waals surface area contributed by atoms with Gasteiger partial charge in [0.05, 0.1) is 13.1 Å². The summed E-state index contributed by atoms with van der Waals surface area (Å²) in [5, 5.41) is 16.3. The summed E-state index contributed by atoms with van der Waals surface area (Å²) < 4.78 is 38.8. The highest BCUT2D eigenvalue weighted by Crippen LogP contribution is 2.18. The monoisotopic (exact) mass is 266 g/mol. The lowest BCUT2D eigenvalue weighted by molar-refractivity contribution is -0.147. The van der Waals surface area contributed by atoms with Gasteiger partial charge in [0.15, 0.2) is 0 Å². The molecule has 18 heavy (non-hydrogen) atoms. The fraction of sp³-hybridized carbons (Fsp3) is 0.800. The number of alkyl halides is 3. The zero-order valence-corrected chi connectivity index (χ0v) is 10.4. The molecule has 0 saturated carbocycles. The van der Waals surface area contributed by atoms with Crippen molar-refractivity contribution in [2.24, 2.45) is 7.05 Å². The average molecular weight is 266 g/mol. The van der Waals surface area contributed by atoms with E-state index in [0.717, 1.165) is 0 Å². The van der Waals surface area contributed by atoms with Crippen LogP contribution in [0.15, 0.2) is 0 Å². The van der Waals surface area contributed by atoms with Crippen molar-refractivity contribution in [2.45, 2.75) is 26.1 Å². The van der Waals surface area contributed by atoms with Gasteiger partial charge in [0.25, 0.3) is 0 Å². The van der Waals surface area contributed by atoms with E-state index in [4.69, 9.17) is 5.11 Å². The average Bonchev–Trinajstić information content (AvgIpc) is 2.56. The molecule has 0 radical (unpaired) electrons. The number of aromatic nitrogens is 3. The Morgan fingerprint density at radius 3 is 2.44 bits per heavy atom. The Bertz CT molecular complexity index is 378. The Hall–Kier alpha value is -1.15. The number of aliphatic hydroxyl groups excluding tert-OH is 1. The minimum Gasteiger partial charge on any atom is -0.396 e. The van der Waals surface area contributed by atoms with Gasteiger partial charge < -0.3 is 9.67 Å². The van der Waals surface area contributed by atoms with E-state index in [2.05, 4.69) is 10.2 Å². The molecule has 0 aliphatic rings. The predicted molar refractivity (Wildman–Crippen MR) is 58.8 cm³/mol.